The Kier molecular flexibility index (Phi) is 33.3. The van der Waals surface area contributed by atoms with E-state index in [-0.39, 0.29) is 12.6 Å². The van der Waals surface area contributed by atoms with E-state index in [1.165, 1.54) is 27.9 Å². The zero-order valence-corrected chi connectivity index (χ0v) is 15.4. The van der Waals surface area contributed by atoms with Crippen molar-refractivity contribution in [3.8, 4) is 0 Å². The first-order valence-corrected chi connectivity index (χ1v) is 7.40. The number of hydrogen-bond donors (Lipinski definition) is 3. The first-order valence-electron chi connectivity index (χ1n) is 7.40. The van der Waals surface area contributed by atoms with E-state index >= 15 is 0 Å². The number of esters is 2. The van der Waals surface area contributed by atoms with Gasteiger partial charge in [0, 0.05) is 20.1 Å². The van der Waals surface area contributed by atoms with Crippen LogP contribution in [0.5, 0.6) is 0 Å². The summed E-state index contributed by atoms with van der Waals surface area (Å²) in [6, 6.07) is 0. The van der Waals surface area contributed by atoms with Crippen LogP contribution in [0.4, 0.5) is 0 Å². The van der Waals surface area contributed by atoms with Crippen LogP contribution in [0.15, 0.2) is 0 Å². The summed E-state index contributed by atoms with van der Waals surface area (Å²) >= 11 is 0. The van der Waals surface area contributed by atoms with Crippen molar-refractivity contribution in [3.05, 3.63) is 0 Å². The lowest BCUT2D eigenvalue weighted by Gasteiger charge is -1.97. The lowest BCUT2D eigenvalue weighted by Crippen LogP contribution is -2.16. The second-order valence-corrected chi connectivity index (χ2v) is 3.94. The predicted molar refractivity (Wildman–Crippen MR) is 86.9 cm³/mol. The minimum atomic E-state index is -0.995. The maximum Gasteiger partial charge on any atom is 0.334 e. The Labute approximate surface area is 139 Å². The molecule has 0 saturated carbocycles. The number of aliphatic hydroxyl groups is 3. The number of hydrogen-bond acceptors (Lipinski definition) is 8. The number of rotatable bonds is 5. The standard InChI is InChI=1S/C4H8O3.C4H8O2.C4H10O.C3H8O2/c1-3(5)4(6)7-2;1-3-6-4(2)5;1-3-5-4-2;1-3(5)2-4/h3,5H,1-2H3;3H2,1-2H3;3-4H2,1-2H3;3-5H,2H2,1H3. The van der Waals surface area contributed by atoms with Gasteiger partial charge in [-0.2, -0.15) is 0 Å². The molecule has 0 rings (SSSR count). The van der Waals surface area contributed by atoms with Crippen LogP contribution in [-0.4, -0.2) is 73.0 Å². The molecule has 0 radical (unpaired) electrons. The lowest BCUT2D eigenvalue weighted by atomic mass is 10.4. The fourth-order valence-electron chi connectivity index (χ4n) is 0.578. The molecular weight excluding hydrogens is 308 g/mol. The molecule has 142 valence electrons. The molecule has 0 saturated heterocycles. The summed E-state index contributed by atoms with van der Waals surface area (Å²) < 4.78 is 13.4. The van der Waals surface area contributed by atoms with Gasteiger partial charge in [-0.25, -0.2) is 4.79 Å². The highest BCUT2D eigenvalue weighted by Crippen LogP contribution is 1.80. The highest BCUT2D eigenvalue weighted by atomic mass is 16.5. The summed E-state index contributed by atoms with van der Waals surface area (Å²) in [5, 5.41) is 24.4. The second-order valence-electron chi connectivity index (χ2n) is 3.94. The first kappa shape index (κ1) is 29.7. The van der Waals surface area contributed by atoms with Crippen molar-refractivity contribution in [2.24, 2.45) is 0 Å². The molecule has 0 amide bonds. The molecule has 2 atom stereocenters. The van der Waals surface area contributed by atoms with E-state index in [0.717, 1.165) is 13.2 Å². The Morgan fingerprint density at radius 2 is 1.39 bits per heavy atom. The van der Waals surface area contributed by atoms with Crippen LogP contribution < -0.4 is 0 Å². The van der Waals surface area contributed by atoms with Gasteiger partial charge in [0.25, 0.3) is 0 Å². The van der Waals surface area contributed by atoms with Crippen LogP contribution in [0.25, 0.3) is 0 Å². The predicted octanol–water partition coefficient (Wildman–Crippen LogP) is 0.512. The SMILES string of the molecule is CC(O)CO.CCOC(C)=O.CCOCC.COC(=O)C(C)O. The smallest absolute Gasteiger partial charge is 0.334 e. The van der Waals surface area contributed by atoms with Crippen molar-refractivity contribution in [2.45, 2.75) is 53.8 Å². The van der Waals surface area contributed by atoms with Crippen LogP contribution in [-0.2, 0) is 23.8 Å². The van der Waals surface area contributed by atoms with Crippen LogP contribution in [0, 0.1) is 0 Å². The van der Waals surface area contributed by atoms with Gasteiger partial charge in [-0.1, -0.05) is 0 Å². The van der Waals surface area contributed by atoms with Crippen LogP contribution in [0.3, 0.4) is 0 Å². The highest BCUT2D eigenvalue weighted by Gasteiger charge is 2.05. The molecule has 2 unspecified atom stereocenters. The maximum atomic E-state index is 10.0. The summed E-state index contributed by atoms with van der Waals surface area (Å²) in [5.41, 5.74) is 0. The maximum absolute atomic E-state index is 10.0. The molecule has 0 aromatic rings. The van der Waals surface area contributed by atoms with E-state index in [4.69, 9.17) is 20.1 Å². The van der Waals surface area contributed by atoms with Crippen molar-refractivity contribution in [2.75, 3.05) is 33.5 Å². The third-order valence-corrected chi connectivity index (χ3v) is 1.56. The van der Waals surface area contributed by atoms with Gasteiger partial charge in [0.15, 0.2) is 0 Å². The topological polar surface area (TPSA) is 123 Å². The number of ether oxygens (including phenoxy) is 3. The van der Waals surface area contributed by atoms with Crippen molar-refractivity contribution in [1.82, 2.24) is 0 Å². The van der Waals surface area contributed by atoms with E-state index in [1.54, 1.807) is 6.92 Å². The van der Waals surface area contributed by atoms with E-state index in [1.807, 2.05) is 13.8 Å². The van der Waals surface area contributed by atoms with Gasteiger partial charge in [0.1, 0.15) is 6.10 Å². The third-order valence-electron chi connectivity index (χ3n) is 1.56. The van der Waals surface area contributed by atoms with Crippen molar-refractivity contribution in [1.29, 1.82) is 0 Å². The van der Waals surface area contributed by atoms with Gasteiger partial charge in [0.05, 0.1) is 26.4 Å². The summed E-state index contributed by atoms with van der Waals surface area (Å²) in [5.74, 6) is -0.808. The summed E-state index contributed by atoms with van der Waals surface area (Å²) in [6.07, 6.45) is -1.56. The number of carbonyl (C=O) groups excluding carboxylic acids is 2. The minimum Gasteiger partial charge on any atom is -0.467 e. The zero-order chi connectivity index (χ0) is 19.3. The molecule has 0 aromatic heterocycles. The number of methoxy groups -OCH3 is 1. The fourth-order valence-corrected chi connectivity index (χ4v) is 0.578. The van der Waals surface area contributed by atoms with Crippen molar-refractivity contribution in [3.63, 3.8) is 0 Å². The molecule has 0 aliphatic heterocycles. The average molecular weight is 342 g/mol. The van der Waals surface area contributed by atoms with Gasteiger partial charge in [0.2, 0.25) is 0 Å². The Balaban J connectivity index is -0.000000106. The highest BCUT2D eigenvalue weighted by molar-refractivity contribution is 5.73. The van der Waals surface area contributed by atoms with Crippen LogP contribution >= 0.6 is 0 Å². The normalized spacial score (nSPS) is 11.0. The van der Waals surface area contributed by atoms with E-state index in [9.17, 15) is 9.59 Å². The van der Waals surface area contributed by atoms with Gasteiger partial charge in [-0.15, -0.1) is 0 Å². The number of carbonyl (C=O) groups is 2. The van der Waals surface area contributed by atoms with Crippen molar-refractivity contribution < 1.29 is 39.1 Å². The summed E-state index contributed by atoms with van der Waals surface area (Å²) in [6.45, 7) is 12.1. The van der Waals surface area contributed by atoms with Gasteiger partial charge >= 0.3 is 11.9 Å². The van der Waals surface area contributed by atoms with Crippen molar-refractivity contribution >= 4 is 11.9 Å². The molecule has 0 aromatic carbocycles. The fraction of sp³-hybridized carbons (Fsp3) is 0.867. The molecule has 0 aliphatic rings. The zero-order valence-electron chi connectivity index (χ0n) is 15.4. The van der Waals surface area contributed by atoms with E-state index in [0.29, 0.717) is 6.61 Å². The third kappa shape index (κ3) is 52.8. The monoisotopic (exact) mass is 342 g/mol. The number of aliphatic hydroxyl groups excluding tert-OH is 3. The van der Waals surface area contributed by atoms with Gasteiger partial charge in [-0.05, 0) is 34.6 Å². The summed E-state index contributed by atoms with van der Waals surface area (Å²) in [7, 11) is 1.23. The molecule has 0 spiro atoms. The van der Waals surface area contributed by atoms with Crippen LogP contribution in [0.2, 0.25) is 0 Å². The molecule has 8 nitrogen and oxygen atoms in total. The minimum absolute atomic E-state index is 0.139. The molecule has 3 N–H and O–H groups in total. The molecule has 0 fully saturated rings. The molecular formula is C15H34O8. The Morgan fingerprint density at radius 3 is 1.39 bits per heavy atom. The van der Waals surface area contributed by atoms with Crippen LogP contribution in [0.1, 0.15) is 41.5 Å². The molecule has 0 bridgehead atoms. The van der Waals surface area contributed by atoms with Gasteiger partial charge in [-0.3, -0.25) is 4.79 Å². The largest absolute Gasteiger partial charge is 0.467 e. The lowest BCUT2D eigenvalue weighted by molar-refractivity contribution is -0.149. The van der Waals surface area contributed by atoms with Gasteiger partial charge < -0.3 is 29.5 Å². The first-order chi connectivity index (χ1) is 10.6. The Bertz CT molecular complexity index is 240. The quantitative estimate of drug-likeness (QED) is 0.618. The second kappa shape index (κ2) is 25.7. The molecule has 0 aliphatic carbocycles. The van der Waals surface area contributed by atoms with E-state index in [2.05, 4.69) is 9.47 Å². The summed E-state index contributed by atoms with van der Waals surface area (Å²) in [4.78, 5) is 19.9. The molecule has 8 heteroatoms. The average Bonchev–Trinajstić information content (AvgIpc) is 2.48. The Morgan fingerprint density at radius 1 is 1.00 bits per heavy atom. The molecule has 0 heterocycles. The Hall–Kier alpha value is -1.22. The van der Waals surface area contributed by atoms with E-state index < -0.39 is 18.2 Å². The molecule has 23 heavy (non-hydrogen) atoms.